The Morgan fingerprint density at radius 3 is 2.73 bits per heavy atom. The number of carbonyl (C=O) groups excluding carboxylic acids is 1. The molecule has 2 amide bonds. The van der Waals surface area contributed by atoms with Crippen LogP contribution in [0.1, 0.15) is 5.56 Å². The number of nitrogens with one attached hydrogen (secondary N) is 2. The van der Waals surface area contributed by atoms with E-state index in [1.54, 1.807) is 23.5 Å². The van der Waals surface area contributed by atoms with Crippen LogP contribution in [0.5, 0.6) is 5.75 Å². The van der Waals surface area contributed by atoms with Crippen molar-refractivity contribution in [3.63, 3.8) is 0 Å². The Balaban J connectivity index is 1.30. The normalized spacial score (nSPS) is 12.8. The Kier molecular flexibility index (Phi) is 4.78. The van der Waals surface area contributed by atoms with E-state index in [-0.39, 0.29) is 19.1 Å². The number of anilines is 2. The lowest BCUT2D eigenvalue weighted by atomic mass is 10.1. The third-order valence-corrected chi connectivity index (χ3v) is 5.69. The van der Waals surface area contributed by atoms with Gasteiger partial charge in [0, 0.05) is 22.9 Å². The lowest BCUT2D eigenvalue weighted by Gasteiger charge is -2.21. The molecule has 2 heterocycles. The van der Waals surface area contributed by atoms with Crippen molar-refractivity contribution in [3.8, 4) is 16.3 Å². The highest BCUT2D eigenvalue weighted by Crippen LogP contribution is 2.34. The molecule has 3 aromatic carbocycles. The van der Waals surface area contributed by atoms with Crippen LogP contribution in [0.3, 0.4) is 0 Å². The summed E-state index contributed by atoms with van der Waals surface area (Å²) < 4.78 is 25.5. The summed E-state index contributed by atoms with van der Waals surface area (Å²) >= 11 is 1.62. The van der Waals surface area contributed by atoms with Gasteiger partial charge in [0.1, 0.15) is 10.8 Å². The molecular weight excluding hydrogens is 405 g/mol. The number of benzene rings is 3. The summed E-state index contributed by atoms with van der Waals surface area (Å²) in [6, 6.07) is 17.4. The zero-order valence-electron chi connectivity index (χ0n) is 15.6. The minimum absolute atomic E-state index is 0.0577. The maximum Gasteiger partial charge on any atom is 0.323 e. The zero-order chi connectivity index (χ0) is 20.5. The highest BCUT2D eigenvalue weighted by atomic mass is 32.1. The average Bonchev–Trinajstić information content (AvgIpc) is 3.18. The summed E-state index contributed by atoms with van der Waals surface area (Å²) in [7, 11) is 0. The molecule has 1 aromatic heterocycles. The number of nitrogens with zero attached hydrogens (tertiary/aromatic N) is 1. The van der Waals surface area contributed by atoms with E-state index < -0.39 is 11.8 Å². The van der Waals surface area contributed by atoms with E-state index in [9.17, 15) is 9.18 Å². The predicted octanol–water partition coefficient (Wildman–Crippen LogP) is 5.61. The van der Waals surface area contributed by atoms with Crippen molar-refractivity contribution >= 4 is 39.0 Å². The fraction of sp³-hybridized carbons (Fsp3) is 0.0909. The smallest absolute Gasteiger partial charge is 0.323 e. The van der Waals surface area contributed by atoms with Gasteiger partial charge in [0.15, 0.2) is 12.5 Å². The minimum atomic E-state index is -0.495. The molecule has 8 heteroatoms. The van der Waals surface area contributed by atoms with E-state index in [2.05, 4.69) is 15.6 Å². The van der Waals surface area contributed by atoms with Crippen molar-refractivity contribution in [1.82, 2.24) is 4.98 Å². The number of ether oxygens (including phenoxy) is 2. The van der Waals surface area contributed by atoms with Crippen LogP contribution >= 0.6 is 11.3 Å². The summed E-state index contributed by atoms with van der Waals surface area (Å²) in [5, 5.41) is 6.30. The molecule has 0 unspecified atom stereocenters. The number of rotatable bonds is 3. The summed E-state index contributed by atoms with van der Waals surface area (Å²) in [6.07, 6.45) is 0. The maximum absolute atomic E-state index is 13.8. The third kappa shape index (κ3) is 3.70. The fourth-order valence-electron chi connectivity index (χ4n) is 3.25. The zero-order valence-corrected chi connectivity index (χ0v) is 16.5. The number of halogens is 1. The number of hydrogen-bond acceptors (Lipinski definition) is 5. The maximum atomic E-state index is 13.8. The first-order valence-corrected chi connectivity index (χ1v) is 10.0. The first-order chi connectivity index (χ1) is 14.7. The Bertz CT molecular complexity index is 1210. The molecule has 1 aliphatic heterocycles. The lowest BCUT2D eigenvalue weighted by molar-refractivity contribution is -0.0160. The number of urea groups is 1. The molecule has 0 saturated carbocycles. The van der Waals surface area contributed by atoms with Crippen molar-refractivity contribution in [2.45, 2.75) is 6.61 Å². The van der Waals surface area contributed by atoms with Crippen LogP contribution in [0.15, 0.2) is 60.7 Å². The fourth-order valence-corrected chi connectivity index (χ4v) is 4.22. The van der Waals surface area contributed by atoms with Gasteiger partial charge in [-0.25, -0.2) is 14.2 Å². The molecule has 0 aliphatic carbocycles. The van der Waals surface area contributed by atoms with Crippen LogP contribution in [0, 0.1) is 5.82 Å². The molecule has 150 valence electrons. The molecule has 0 fully saturated rings. The van der Waals surface area contributed by atoms with Gasteiger partial charge in [-0.1, -0.05) is 12.1 Å². The van der Waals surface area contributed by atoms with Gasteiger partial charge < -0.3 is 20.1 Å². The Labute approximate surface area is 175 Å². The summed E-state index contributed by atoms with van der Waals surface area (Å²) in [5.41, 5.74) is 3.35. The summed E-state index contributed by atoms with van der Waals surface area (Å²) in [4.78, 5) is 17.0. The van der Waals surface area contributed by atoms with E-state index in [0.717, 1.165) is 20.8 Å². The van der Waals surface area contributed by atoms with E-state index in [0.29, 0.717) is 17.0 Å². The van der Waals surface area contributed by atoms with Gasteiger partial charge in [-0.2, -0.15) is 0 Å². The highest BCUT2D eigenvalue weighted by molar-refractivity contribution is 7.21. The van der Waals surface area contributed by atoms with Crippen molar-refractivity contribution in [2.75, 3.05) is 17.4 Å². The van der Waals surface area contributed by atoms with Crippen LogP contribution in [-0.2, 0) is 11.3 Å². The molecule has 0 spiro atoms. The molecule has 0 radical (unpaired) electrons. The SMILES string of the molecule is O=C(Nc1ccc(-c2nc3ccccc3s2)cc1)Nc1cc(F)cc2c1OCOC2. The van der Waals surface area contributed by atoms with Crippen molar-refractivity contribution in [2.24, 2.45) is 0 Å². The molecular formula is C22H16FN3O3S. The van der Waals surface area contributed by atoms with Crippen LogP contribution in [0.25, 0.3) is 20.8 Å². The molecule has 30 heavy (non-hydrogen) atoms. The van der Waals surface area contributed by atoms with Crippen molar-refractivity contribution in [3.05, 3.63) is 72.0 Å². The second-order valence-corrected chi connectivity index (χ2v) is 7.73. The van der Waals surface area contributed by atoms with Gasteiger partial charge in [0.2, 0.25) is 0 Å². The van der Waals surface area contributed by atoms with Gasteiger partial charge in [-0.15, -0.1) is 11.3 Å². The third-order valence-electron chi connectivity index (χ3n) is 4.61. The average molecular weight is 421 g/mol. The quantitative estimate of drug-likeness (QED) is 0.451. The Morgan fingerprint density at radius 1 is 1.07 bits per heavy atom. The second-order valence-electron chi connectivity index (χ2n) is 6.70. The van der Waals surface area contributed by atoms with Crippen molar-refractivity contribution < 1.29 is 18.7 Å². The molecule has 4 aromatic rings. The molecule has 5 rings (SSSR count). The Morgan fingerprint density at radius 2 is 1.90 bits per heavy atom. The number of fused-ring (bicyclic) bond motifs is 2. The number of amides is 2. The largest absolute Gasteiger partial charge is 0.465 e. The van der Waals surface area contributed by atoms with E-state index >= 15 is 0 Å². The van der Waals surface area contributed by atoms with Crippen molar-refractivity contribution in [1.29, 1.82) is 0 Å². The van der Waals surface area contributed by atoms with Crippen LogP contribution in [0.2, 0.25) is 0 Å². The summed E-state index contributed by atoms with van der Waals surface area (Å²) in [5.74, 6) is -0.0534. The molecule has 6 nitrogen and oxygen atoms in total. The van der Waals surface area contributed by atoms with Gasteiger partial charge >= 0.3 is 6.03 Å². The van der Waals surface area contributed by atoms with Gasteiger partial charge in [-0.3, -0.25) is 0 Å². The topological polar surface area (TPSA) is 72.5 Å². The molecule has 1 aliphatic rings. The van der Waals surface area contributed by atoms with Gasteiger partial charge in [-0.05, 0) is 42.5 Å². The standard InChI is InChI=1S/C22H16FN3O3S/c23-15-9-14-11-28-12-29-20(14)18(10-15)26-22(27)24-16-7-5-13(6-8-16)21-25-17-3-1-2-4-19(17)30-21/h1-10H,11-12H2,(H2,24,26,27). The molecule has 0 atom stereocenters. The number of aromatic nitrogens is 1. The molecule has 0 saturated heterocycles. The monoisotopic (exact) mass is 421 g/mol. The van der Waals surface area contributed by atoms with Gasteiger partial charge in [0.25, 0.3) is 0 Å². The lowest BCUT2D eigenvalue weighted by Crippen LogP contribution is -2.21. The highest BCUT2D eigenvalue weighted by Gasteiger charge is 2.18. The predicted molar refractivity (Wildman–Crippen MR) is 114 cm³/mol. The van der Waals surface area contributed by atoms with Gasteiger partial charge in [0.05, 0.1) is 22.5 Å². The number of thiazole rings is 1. The summed E-state index contributed by atoms with van der Waals surface area (Å²) in [6.45, 7) is 0.290. The number of hydrogen-bond donors (Lipinski definition) is 2. The van der Waals surface area contributed by atoms with Crippen LogP contribution in [0.4, 0.5) is 20.6 Å². The molecule has 0 bridgehead atoms. The first-order valence-electron chi connectivity index (χ1n) is 9.23. The van der Waals surface area contributed by atoms with E-state index in [1.807, 2.05) is 36.4 Å². The van der Waals surface area contributed by atoms with E-state index in [4.69, 9.17) is 9.47 Å². The molecule has 2 N–H and O–H groups in total. The minimum Gasteiger partial charge on any atom is -0.465 e. The number of para-hydroxylation sites is 1. The Hall–Kier alpha value is -3.49. The number of carbonyl (C=O) groups is 1. The van der Waals surface area contributed by atoms with Crippen LogP contribution < -0.4 is 15.4 Å². The second kappa shape index (κ2) is 7.74. The van der Waals surface area contributed by atoms with Crippen LogP contribution in [-0.4, -0.2) is 17.8 Å². The van der Waals surface area contributed by atoms with E-state index in [1.165, 1.54) is 12.1 Å². The first kappa shape index (κ1) is 18.5.